The molecule has 0 atom stereocenters. The molecule has 0 saturated heterocycles. The average molecular weight is 250 g/mol. The number of rotatable bonds is 5. The van der Waals surface area contributed by atoms with Crippen molar-refractivity contribution in [1.82, 2.24) is 0 Å². The number of hydrogen-bond acceptors (Lipinski definition) is 3. The standard InChI is InChI=1S/C12H14N2O4/c1-3-4-8-13(12(15)16)10-7-5-6-9(2)11(10)14(17)18/h3,5-7H,1,4,8H2,2H3,(H,15,16). The Balaban J connectivity index is 3.27. The van der Waals surface area contributed by atoms with Crippen molar-refractivity contribution in [3.8, 4) is 0 Å². The molecule has 1 aromatic rings. The molecule has 0 radical (unpaired) electrons. The zero-order chi connectivity index (χ0) is 13.7. The van der Waals surface area contributed by atoms with Crippen molar-refractivity contribution >= 4 is 17.5 Å². The van der Waals surface area contributed by atoms with Gasteiger partial charge in [0.05, 0.1) is 4.92 Å². The first kappa shape index (κ1) is 13.7. The van der Waals surface area contributed by atoms with Gasteiger partial charge in [-0.25, -0.2) is 4.79 Å². The first-order valence-corrected chi connectivity index (χ1v) is 5.34. The highest BCUT2D eigenvalue weighted by molar-refractivity contribution is 5.89. The van der Waals surface area contributed by atoms with E-state index >= 15 is 0 Å². The van der Waals surface area contributed by atoms with Gasteiger partial charge in [0.2, 0.25) is 0 Å². The van der Waals surface area contributed by atoms with Gasteiger partial charge in [-0.15, -0.1) is 6.58 Å². The van der Waals surface area contributed by atoms with Crippen LogP contribution >= 0.6 is 0 Å². The summed E-state index contributed by atoms with van der Waals surface area (Å²) in [7, 11) is 0. The highest BCUT2D eigenvalue weighted by atomic mass is 16.6. The Hall–Kier alpha value is -2.37. The van der Waals surface area contributed by atoms with Crippen LogP contribution in [0.1, 0.15) is 12.0 Å². The van der Waals surface area contributed by atoms with Crippen LogP contribution in [0.5, 0.6) is 0 Å². The van der Waals surface area contributed by atoms with Crippen molar-refractivity contribution in [2.24, 2.45) is 0 Å². The highest BCUT2D eigenvalue weighted by Crippen LogP contribution is 2.31. The lowest BCUT2D eigenvalue weighted by Crippen LogP contribution is -2.30. The quantitative estimate of drug-likeness (QED) is 0.494. The SMILES string of the molecule is C=CCCN(C(=O)O)c1cccc(C)c1[N+](=O)[O-]. The molecule has 0 spiro atoms. The van der Waals surface area contributed by atoms with Gasteiger partial charge in [-0.1, -0.05) is 18.2 Å². The molecule has 0 heterocycles. The molecule has 0 fully saturated rings. The lowest BCUT2D eigenvalue weighted by atomic mass is 10.1. The van der Waals surface area contributed by atoms with Crippen LogP contribution in [0.25, 0.3) is 0 Å². The predicted octanol–water partition coefficient (Wildman–Crippen LogP) is 2.96. The van der Waals surface area contributed by atoms with Gasteiger partial charge in [0.1, 0.15) is 5.69 Å². The number of nitro groups is 1. The zero-order valence-electron chi connectivity index (χ0n) is 10.00. The Bertz CT molecular complexity index is 485. The lowest BCUT2D eigenvalue weighted by Gasteiger charge is -2.18. The topological polar surface area (TPSA) is 83.7 Å². The number of amides is 1. The van der Waals surface area contributed by atoms with Crippen molar-refractivity contribution in [1.29, 1.82) is 0 Å². The van der Waals surface area contributed by atoms with Crippen molar-refractivity contribution in [3.05, 3.63) is 46.5 Å². The van der Waals surface area contributed by atoms with Crippen molar-refractivity contribution in [2.45, 2.75) is 13.3 Å². The Morgan fingerprint density at radius 1 is 1.61 bits per heavy atom. The predicted molar refractivity (Wildman–Crippen MR) is 68.0 cm³/mol. The second-order valence-electron chi connectivity index (χ2n) is 3.71. The lowest BCUT2D eigenvalue weighted by molar-refractivity contribution is -0.384. The molecule has 18 heavy (non-hydrogen) atoms. The van der Waals surface area contributed by atoms with Crippen LogP contribution < -0.4 is 4.90 Å². The van der Waals surface area contributed by atoms with E-state index < -0.39 is 11.0 Å². The number of aryl methyl sites for hydroxylation is 1. The van der Waals surface area contributed by atoms with Gasteiger partial charge in [-0.05, 0) is 19.4 Å². The third kappa shape index (κ3) is 2.85. The van der Waals surface area contributed by atoms with E-state index in [0.717, 1.165) is 4.90 Å². The van der Waals surface area contributed by atoms with E-state index in [1.165, 1.54) is 6.07 Å². The van der Waals surface area contributed by atoms with Crippen LogP contribution in [0.2, 0.25) is 0 Å². The molecule has 6 heteroatoms. The number of benzene rings is 1. The normalized spacial score (nSPS) is 9.83. The van der Waals surface area contributed by atoms with Crippen molar-refractivity contribution in [3.63, 3.8) is 0 Å². The molecule has 1 aromatic carbocycles. The largest absolute Gasteiger partial charge is 0.465 e. The summed E-state index contributed by atoms with van der Waals surface area (Å²) in [6.45, 7) is 5.23. The summed E-state index contributed by atoms with van der Waals surface area (Å²) in [5, 5.41) is 20.1. The van der Waals surface area contributed by atoms with Crippen LogP contribution in [-0.4, -0.2) is 22.7 Å². The molecule has 0 aliphatic heterocycles. The van der Waals surface area contributed by atoms with E-state index in [4.69, 9.17) is 5.11 Å². The van der Waals surface area contributed by atoms with E-state index in [1.54, 1.807) is 25.1 Å². The van der Waals surface area contributed by atoms with E-state index in [-0.39, 0.29) is 17.9 Å². The summed E-state index contributed by atoms with van der Waals surface area (Å²) in [5.41, 5.74) is 0.348. The number of nitrogens with zero attached hydrogens (tertiary/aromatic N) is 2. The number of para-hydroxylation sites is 1. The van der Waals surface area contributed by atoms with Crippen LogP contribution in [0, 0.1) is 17.0 Å². The van der Waals surface area contributed by atoms with Gasteiger partial charge in [0.15, 0.2) is 0 Å². The fraction of sp³-hybridized carbons (Fsp3) is 0.250. The van der Waals surface area contributed by atoms with E-state index in [0.29, 0.717) is 12.0 Å². The molecular weight excluding hydrogens is 236 g/mol. The molecule has 6 nitrogen and oxygen atoms in total. The van der Waals surface area contributed by atoms with Gasteiger partial charge in [-0.2, -0.15) is 0 Å². The monoisotopic (exact) mass is 250 g/mol. The number of hydrogen-bond donors (Lipinski definition) is 1. The molecule has 1 rings (SSSR count). The van der Waals surface area contributed by atoms with Crippen molar-refractivity contribution < 1.29 is 14.8 Å². The van der Waals surface area contributed by atoms with Crippen LogP contribution in [-0.2, 0) is 0 Å². The molecule has 0 aromatic heterocycles. The number of anilines is 1. The maximum absolute atomic E-state index is 11.2. The number of nitro benzene ring substituents is 1. The molecular formula is C12H14N2O4. The highest BCUT2D eigenvalue weighted by Gasteiger charge is 2.25. The van der Waals surface area contributed by atoms with E-state index in [9.17, 15) is 14.9 Å². The van der Waals surface area contributed by atoms with Gasteiger partial charge in [0.25, 0.3) is 5.69 Å². The first-order valence-electron chi connectivity index (χ1n) is 5.34. The molecule has 0 bridgehead atoms. The van der Waals surface area contributed by atoms with Crippen molar-refractivity contribution in [2.75, 3.05) is 11.4 Å². The maximum atomic E-state index is 11.2. The fourth-order valence-corrected chi connectivity index (χ4v) is 1.64. The smallest absolute Gasteiger partial charge is 0.412 e. The fourth-order valence-electron chi connectivity index (χ4n) is 1.64. The Labute approximate surface area is 104 Å². The summed E-state index contributed by atoms with van der Waals surface area (Å²) in [6.07, 6.45) is 0.778. The molecule has 1 N–H and O–H groups in total. The van der Waals surface area contributed by atoms with Crippen LogP contribution in [0.4, 0.5) is 16.2 Å². The van der Waals surface area contributed by atoms with E-state index in [2.05, 4.69) is 6.58 Å². The van der Waals surface area contributed by atoms with Gasteiger partial charge >= 0.3 is 6.09 Å². The van der Waals surface area contributed by atoms with Gasteiger partial charge < -0.3 is 5.11 Å². The Kier molecular flexibility index (Phi) is 4.42. The third-order valence-electron chi connectivity index (χ3n) is 2.48. The molecule has 0 unspecified atom stereocenters. The average Bonchev–Trinajstić information content (AvgIpc) is 2.28. The number of carboxylic acid groups (broad SMARTS) is 1. The van der Waals surface area contributed by atoms with Crippen LogP contribution in [0.15, 0.2) is 30.9 Å². The zero-order valence-corrected chi connectivity index (χ0v) is 10.00. The Morgan fingerprint density at radius 2 is 2.28 bits per heavy atom. The molecule has 0 aliphatic carbocycles. The molecule has 96 valence electrons. The Morgan fingerprint density at radius 3 is 2.78 bits per heavy atom. The second kappa shape index (κ2) is 5.81. The third-order valence-corrected chi connectivity index (χ3v) is 2.48. The summed E-state index contributed by atoms with van der Waals surface area (Å²) in [6, 6.07) is 4.61. The van der Waals surface area contributed by atoms with Gasteiger partial charge in [0, 0.05) is 12.1 Å². The molecule has 1 amide bonds. The molecule has 0 saturated carbocycles. The number of carbonyl (C=O) groups is 1. The minimum atomic E-state index is -1.22. The minimum absolute atomic E-state index is 0.0920. The van der Waals surface area contributed by atoms with Crippen LogP contribution in [0.3, 0.4) is 0 Å². The minimum Gasteiger partial charge on any atom is -0.465 e. The maximum Gasteiger partial charge on any atom is 0.412 e. The second-order valence-corrected chi connectivity index (χ2v) is 3.71. The summed E-state index contributed by atoms with van der Waals surface area (Å²) >= 11 is 0. The molecule has 0 aliphatic rings. The summed E-state index contributed by atoms with van der Waals surface area (Å²) in [5.74, 6) is 0. The van der Waals surface area contributed by atoms with Gasteiger partial charge in [-0.3, -0.25) is 15.0 Å². The summed E-state index contributed by atoms with van der Waals surface area (Å²) in [4.78, 5) is 22.6. The summed E-state index contributed by atoms with van der Waals surface area (Å²) < 4.78 is 0. The first-order chi connectivity index (χ1) is 8.49. The van der Waals surface area contributed by atoms with E-state index in [1.807, 2.05) is 0 Å².